The SMILES string of the molecule is CCOc1ccc2cc(C(=O)NCc3nnc(C4CC4)o3)[nH]c2c1. The van der Waals surface area contributed by atoms with Crippen LogP contribution in [-0.2, 0) is 6.54 Å². The van der Waals surface area contributed by atoms with Crippen LogP contribution in [0.4, 0.5) is 0 Å². The highest BCUT2D eigenvalue weighted by Gasteiger charge is 2.29. The number of hydrogen-bond acceptors (Lipinski definition) is 5. The summed E-state index contributed by atoms with van der Waals surface area (Å²) in [5.74, 6) is 2.08. The fourth-order valence-corrected chi connectivity index (χ4v) is 2.57. The van der Waals surface area contributed by atoms with Gasteiger partial charge < -0.3 is 19.5 Å². The van der Waals surface area contributed by atoms with Gasteiger partial charge in [-0.15, -0.1) is 10.2 Å². The number of amides is 1. The molecule has 0 saturated heterocycles. The number of hydrogen-bond donors (Lipinski definition) is 2. The van der Waals surface area contributed by atoms with Crippen molar-refractivity contribution in [2.24, 2.45) is 0 Å². The summed E-state index contributed by atoms with van der Waals surface area (Å²) in [5.41, 5.74) is 1.35. The van der Waals surface area contributed by atoms with E-state index in [1.54, 1.807) is 0 Å². The molecule has 0 unspecified atom stereocenters. The molecule has 0 spiro atoms. The van der Waals surface area contributed by atoms with Crippen molar-refractivity contribution in [3.8, 4) is 5.75 Å². The lowest BCUT2D eigenvalue weighted by molar-refractivity contribution is 0.0943. The van der Waals surface area contributed by atoms with E-state index >= 15 is 0 Å². The first-order valence-electron chi connectivity index (χ1n) is 8.09. The highest BCUT2D eigenvalue weighted by molar-refractivity contribution is 5.98. The zero-order chi connectivity index (χ0) is 16.5. The van der Waals surface area contributed by atoms with Crippen LogP contribution in [0.5, 0.6) is 5.75 Å². The van der Waals surface area contributed by atoms with Gasteiger partial charge in [-0.1, -0.05) is 0 Å². The second-order valence-corrected chi connectivity index (χ2v) is 5.86. The Hall–Kier alpha value is -2.83. The van der Waals surface area contributed by atoms with Gasteiger partial charge in [0.25, 0.3) is 5.91 Å². The predicted octanol–water partition coefficient (Wildman–Crippen LogP) is 2.76. The number of fused-ring (bicyclic) bond motifs is 1. The average molecular weight is 326 g/mol. The van der Waals surface area contributed by atoms with E-state index in [0.717, 1.165) is 29.5 Å². The molecule has 1 aliphatic carbocycles. The standard InChI is InChI=1S/C17H18N4O3/c1-2-23-12-6-5-11-7-14(19-13(11)8-12)16(22)18-9-15-20-21-17(24-15)10-3-4-10/h5-8,10,19H,2-4,9H2,1H3,(H,18,22). The molecule has 0 atom stereocenters. The van der Waals surface area contributed by atoms with Crippen LogP contribution in [0.3, 0.4) is 0 Å². The Morgan fingerprint density at radius 3 is 3.04 bits per heavy atom. The molecular weight excluding hydrogens is 308 g/mol. The Morgan fingerprint density at radius 1 is 1.38 bits per heavy atom. The van der Waals surface area contributed by atoms with Crippen molar-refractivity contribution in [1.29, 1.82) is 0 Å². The molecule has 0 aliphatic heterocycles. The third kappa shape index (κ3) is 2.97. The molecule has 7 heteroatoms. The summed E-state index contributed by atoms with van der Waals surface area (Å²) in [6.45, 7) is 2.76. The van der Waals surface area contributed by atoms with Crippen molar-refractivity contribution in [2.45, 2.75) is 32.2 Å². The number of H-pyrrole nitrogens is 1. The second-order valence-electron chi connectivity index (χ2n) is 5.86. The van der Waals surface area contributed by atoms with Gasteiger partial charge in [0.2, 0.25) is 11.8 Å². The van der Waals surface area contributed by atoms with Crippen LogP contribution >= 0.6 is 0 Å². The van der Waals surface area contributed by atoms with Gasteiger partial charge in [0.1, 0.15) is 11.4 Å². The highest BCUT2D eigenvalue weighted by atomic mass is 16.5. The van der Waals surface area contributed by atoms with Crippen molar-refractivity contribution >= 4 is 16.8 Å². The lowest BCUT2D eigenvalue weighted by atomic mass is 10.2. The van der Waals surface area contributed by atoms with E-state index in [2.05, 4.69) is 20.5 Å². The number of aromatic amines is 1. The maximum absolute atomic E-state index is 12.3. The lowest BCUT2D eigenvalue weighted by Gasteiger charge is -2.01. The molecule has 1 fully saturated rings. The molecular formula is C17H18N4O3. The van der Waals surface area contributed by atoms with E-state index in [0.29, 0.717) is 30.0 Å². The molecule has 1 aromatic carbocycles. The number of carbonyl (C=O) groups is 1. The molecule has 0 bridgehead atoms. The van der Waals surface area contributed by atoms with Crippen LogP contribution < -0.4 is 10.1 Å². The highest BCUT2D eigenvalue weighted by Crippen LogP contribution is 2.38. The van der Waals surface area contributed by atoms with Crippen molar-refractivity contribution in [2.75, 3.05) is 6.61 Å². The molecule has 24 heavy (non-hydrogen) atoms. The molecule has 4 rings (SSSR count). The van der Waals surface area contributed by atoms with Gasteiger partial charge in [-0.3, -0.25) is 4.79 Å². The number of rotatable bonds is 6. The summed E-state index contributed by atoms with van der Waals surface area (Å²) in [6, 6.07) is 7.51. The van der Waals surface area contributed by atoms with E-state index in [9.17, 15) is 4.79 Å². The normalized spacial score (nSPS) is 14.0. The van der Waals surface area contributed by atoms with Crippen LogP contribution in [-0.4, -0.2) is 27.7 Å². The molecule has 3 aromatic rings. The summed E-state index contributed by atoms with van der Waals surface area (Å²) >= 11 is 0. The molecule has 1 amide bonds. The van der Waals surface area contributed by atoms with Gasteiger partial charge in [-0.25, -0.2) is 0 Å². The van der Waals surface area contributed by atoms with Gasteiger partial charge in [-0.05, 0) is 38.0 Å². The van der Waals surface area contributed by atoms with E-state index < -0.39 is 0 Å². The van der Waals surface area contributed by atoms with Crippen molar-refractivity contribution in [3.63, 3.8) is 0 Å². The molecule has 2 heterocycles. The molecule has 7 nitrogen and oxygen atoms in total. The third-order valence-electron chi connectivity index (χ3n) is 3.96. The van der Waals surface area contributed by atoms with Crippen LogP contribution in [0.1, 0.15) is 48.0 Å². The van der Waals surface area contributed by atoms with Gasteiger partial charge in [-0.2, -0.15) is 0 Å². The van der Waals surface area contributed by atoms with E-state index in [1.165, 1.54) is 0 Å². The lowest BCUT2D eigenvalue weighted by Crippen LogP contribution is -2.23. The Labute approximate surface area is 138 Å². The van der Waals surface area contributed by atoms with Crippen LogP contribution in [0.15, 0.2) is 28.7 Å². The van der Waals surface area contributed by atoms with E-state index in [-0.39, 0.29) is 12.5 Å². The van der Waals surface area contributed by atoms with Gasteiger partial charge >= 0.3 is 0 Å². The first-order valence-corrected chi connectivity index (χ1v) is 8.09. The van der Waals surface area contributed by atoms with E-state index in [4.69, 9.17) is 9.15 Å². The minimum absolute atomic E-state index is 0.213. The van der Waals surface area contributed by atoms with Crippen molar-refractivity contribution in [3.05, 3.63) is 41.7 Å². The number of carbonyl (C=O) groups excluding carboxylic acids is 1. The maximum atomic E-state index is 12.3. The minimum Gasteiger partial charge on any atom is -0.494 e. The topological polar surface area (TPSA) is 93.0 Å². The fraction of sp³-hybridized carbons (Fsp3) is 0.353. The summed E-state index contributed by atoms with van der Waals surface area (Å²) in [6.07, 6.45) is 2.21. The first-order chi connectivity index (χ1) is 11.7. The minimum atomic E-state index is -0.213. The van der Waals surface area contributed by atoms with Crippen molar-refractivity contribution < 1.29 is 13.9 Å². The summed E-state index contributed by atoms with van der Waals surface area (Å²) in [4.78, 5) is 15.4. The number of nitrogens with one attached hydrogen (secondary N) is 2. The van der Waals surface area contributed by atoms with Gasteiger partial charge in [0, 0.05) is 22.9 Å². The van der Waals surface area contributed by atoms with Crippen LogP contribution in [0.25, 0.3) is 10.9 Å². The largest absolute Gasteiger partial charge is 0.494 e. The third-order valence-corrected chi connectivity index (χ3v) is 3.96. The molecule has 2 N–H and O–H groups in total. The molecule has 2 aromatic heterocycles. The zero-order valence-electron chi connectivity index (χ0n) is 13.3. The Kier molecular flexibility index (Phi) is 3.68. The second kappa shape index (κ2) is 5.99. The summed E-state index contributed by atoms with van der Waals surface area (Å²) in [5, 5.41) is 11.7. The summed E-state index contributed by atoms with van der Waals surface area (Å²) in [7, 11) is 0. The summed E-state index contributed by atoms with van der Waals surface area (Å²) < 4.78 is 11.0. The number of benzene rings is 1. The number of aromatic nitrogens is 3. The quantitative estimate of drug-likeness (QED) is 0.726. The first kappa shape index (κ1) is 14.7. The van der Waals surface area contributed by atoms with Gasteiger partial charge in [0.05, 0.1) is 13.2 Å². The number of nitrogens with zero attached hydrogens (tertiary/aromatic N) is 2. The van der Waals surface area contributed by atoms with Crippen LogP contribution in [0.2, 0.25) is 0 Å². The zero-order valence-corrected chi connectivity index (χ0v) is 13.3. The Bertz CT molecular complexity index is 879. The molecule has 1 aliphatic rings. The average Bonchev–Trinajstić information content (AvgIpc) is 3.18. The Balaban J connectivity index is 1.43. The molecule has 0 radical (unpaired) electrons. The maximum Gasteiger partial charge on any atom is 0.268 e. The van der Waals surface area contributed by atoms with Crippen molar-refractivity contribution in [1.82, 2.24) is 20.5 Å². The smallest absolute Gasteiger partial charge is 0.268 e. The molecule has 124 valence electrons. The van der Waals surface area contributed by atoms with Gasteiger partial charge in [0.15, 0.2) is 0 Å². The fourth-order valence-electron chi connectivity index (χ4n) is 2.57. The Morgan fingerprint density at radius 2 is 2.25 bits per heavy atom. The predicted molar refractivity (Wildman–Crippen MR) is 86.9 cm³/mol. The number of ether oxygens (including phenoxy) is 1. The monoisotopic (exact) mass is 326 g/mol. The van der Waals surface area contributed by atoms with E-state index in [1.807, 2.05) is 31.2 Å². The molecule has 1 saturated carbocycles. The van der Waals surface area contributed by atoms with Crippen LogP contribution in [0, 0.1) is 0 Å².